The molecule has 0 saturated carbocycles. The monoisotopic (exact) mass is 405 g/mol. The summed E-state index contributed by atoms with van der Waals surface area (Å²) in [5, 5.41) is 7.43. The molecule has 0 radical (unpaired) electrons. The number of allylic oxidation sites excluding steroid dienone is 2. The van der Waals surface area contributed by atoms with E-state index in [0.29, 0.717) is 5.84 Å². The lowest BCUT2D eigenvalue weighted by molar-refractivity contribution is -0.0403. The number of carbonyl (C=O) groups excluding carboxylic acids is 1. The van der Waals surface area contributed by atoms with Gasteiger partial charge in [0, 0.05) is 16.2 Å². The van der Waals surface area contributed by atoms with Crippen LogP contribution in [0.15, 0.2) is 45.7 Å². The van der Waals surface area contributed by atoms with E-state index in [9.17, 15) is 4.79 Å². The van der Waals surface area contributed by atoms with Crippen molar-refractivity contribution >= 4 is 27.9 Å². The Bertz CT molecular complexity index is 778. The molecule has 1 aromatic carbocycles. The van der Waals surface area contributed by atoms with Crippen molar-refractivity contribution in [2.45, 2.75) is 33.9 Å². The SMILES string of the molecule is CCOC(=O)N1C=CC=C(C)C2ON=C(c3c(C)cc(Br)cc3C)N21. The molecule has 25 heavy (non-hydrogen) atoms. The van der Waals surface area contributed by atoms with Gasteiger partial charge >= 0.3 is 6.09 Å². The number of benzene rings is 1. The molecule has 1 amide bonds. The Kier molecular flexibility index (Phi) is 4.85. The average molecular weight is 406 g/mol. The van der Waals surface area contributed by atoms with Gasteiger partial charge < -0.3 is 9.57 Å². The first kappa shape index (κ1) is 17.5. The summed E-state index contributed by atoms with van der Waals surface area (Å²) < 4.78 is 6.19. The van der Waals surface area contributed by atoms with Crippen molar-refractivity contribution in [1.82, 2.24) is 10.0 Å². The number of rotatable bonds is 2. The van der Waals surface area contributed by atoms with Crippen LogP contribution in [0, 0.1) is 13.8 Å². The largest absolute Gasteiger partial charge is 0.448 e. The van der Waals surface area contributed by atoms with E-state index in [1.165, 1.54) is 5.01 Å². The average Bonchev–Trinajstić information content (AvgIpc) is 2.87. The molecule has 0 fully saturated rings. The number of hydrogen-bond donors (Lipinski definition) is 0. The number of hydrogen-bond acceptors (Lipinski definition) is 5. The number of oxime groups is 1. The van der Waals surface area contributed by atoms with Crippen LogP contribution in [0.5, 0.6) is 0 Å². The molecule has 132 valence electrons. The van der Waals surface area contributed by atoms with Gasteiger partial charge in [-0.15, -0.1) is 0 Å². The third kappa shape index (κ3) is 3.16. The van der Waals surface area contributed by atoms with Crippen molar-refractivity contribution in [2.75, 3.05) is 6.61 Å². The first-order chi connectivity index (χ1) is 11.9. The van der Waals surface area contributed by atoms with Crippen LogP contribution in [0.3, 0.4) is 0 Å². The van der Waals surface area contributed by atoms with Gasteiger partial charge in [0.05, 0.1) is 6.61 Å². The second-order valence-corrected chi connectivity index (χ2v) is 6.84. The minimum atomic E-state index is -0.489. The minimum Gasteiger partial charge on any atom is -0.448 e. The Hall–Kier alpha value is -2.28. The van der Waals surface area contributed by atoms with Crippen LogP contribution in [0.4, 0.5) is 4.79 Å². The molecule has 7 heteroatoms. The van der Waals surface area contributed by atoms with Crippen LogP contribution >= 0.6 is 15.9 Å². The molecular formula is C18H20BrN3O3. The highest BCUT2D eigenvalue weighted by molar-refractivity contribution is 9.10. The standard InChI is InChI=1S/C18H20BrN3O3/c1-5-24-18(23)21-8-6-7-11(2)17-22(21)16(20-25-17)15-12(3)9-14(19)10-13(15)4/h6-10,17H,5H2,1-4H3. The van der Waals surface area contributed by atoms with Gasteiger partial charge in [0.25, 0.3) is 0 Å². The Morgan fingerprint density at radius 2 is 2.00 bits per heavy atom. The lowest BCUT2D eigenvalue weighted by atomic mass is 10.0. The zero-order valence-corrected chi connectivity index (χ0v) is 16.2. The Morgan fingerprint density at radius 3 is 2.64 bits per heavy atom. The van der Waals surface area contributed by atoms with Gasteiger partial charge in [0.1, 0.15) is 0 Å². The van der Waals surface area contributed by atoms with Crippen LogP contribution in [-0.2, 0) is 9.57 Å². The van der Waals surface area contributed by atoms with Crippen LogP contribution in [0.25, 0.3) is 0 Å². The lowest BCUT2D eigenvalue weighted by Gasteiger charge is -2.32. The van der Waals surface area contributed by atoms with Gasteiger partial charge in [-0.3, -0.25) is 0 Å². The van der Waals surface area contributed by atoms with Crippen molar-refractivity contribution in [1.29, 1.82) is 0 Å². The quantitative estimate of drug-likeness (QED) is 0.738. The third-order valence-corrected chi connectivity index (χ3v) is 4.52. The van der Waals surface area contributed by atoms with Crippen molar-refractivity contribution in [3.05, 3.63) is 57.2 Å². The number of ether oxygens (including phenoxy) is 1. The Balaban J connectivity index is 2.08. The second kappa shape index (κ2) is 6.92. The molecule has 2 aliphatic heterocycles. The fraction of sp³-hybridized carbons (Fsp3) is 0.333. The first-order valence-corrected chi connectivity index (χ1v) is 8.84. The van der Waals surface area contributed by atoms with E-state index in [0.717, 1.165) is 26.7 Å². The molecule has 6 nitrogen and oxygen atoms in total. The molecular weight excluding hydrogens is 386 g/mol. The molecule has 0 saturated heterocycles. The topological polar surface area (TPSA) is 54.4 Å². The van der Waals surface area contributed by atoms with Crippen LogP contribution in [0.1, 0.15) is 30.5 Å². The maximum atomic E-state index is 12.5. The van der Waals surface area contributed by atoms with E-state index in [1.807, 2.05) is 39.0 Å². The van der Waals surface area contributed by atoms with E-state index in [4.69, 9.17) is 9.57 Å². The summed E-state index contributed by atoms with van der Waals surface area (Å²) in [6.07, 6.45) is 4.40. The molecule has 0 N–H and O–H groups in total. The van der Waals surface area contributed by atoms with E-state index < -0.39 is 12.3 Å². The van der Waals surface area contributed by atoms with Crippen molar-refractivity contribution in [2.24, 2.45) is 5.16 Å². The van der Waals surface area contributed by atoms with Crippen LogP contribution < -0.4 is 0 Å². The van der Waals surface area contributed by atoms with Crippen molar-refractivity contribution in [3.8, 4) is 0 Å². The van der Waals surface area contributed by atoms with Gasteiger partial charge in [-0.1, -0.05) is 27.2 Å². The molecule has 3 rings (SSSR count). The lowest BCUT2D eigenvalue weighted by Crippen LogP contribution is -2.50. The second-order valence-electron chi connectivity index (χ2n) is 5.93. The summed E-state index contributed by atoms with van der Waals surface area (Å²) in [5.41, 5.74) is 3.94. The van der Waals surface area contributed by atoms with E-state index in [2.05, 4.69) is 21.1 Å². The zero-order valence-electron chi connectivity index (χ0n) is 14.6. The molecule has 2 aliphatic rings. The normalized spacial score (nSPS) is 19.0. The fourth-order valence-electron chi connectivity index (χ4n) is 2.98. The molecule has 0 aromatic heterocycles. The highest BCUT2D eigenvalue weighted by Crippen LogP contribution is 2.31. The summed E-state index contributed by atoms with van der Waals surface area (Å²) in [5.74, 6) is 0.583. The van der Waals surface area contributed by atoms with Gasteiger partial charge in [0.15, 0.2) is 5.84 Å². The third-order valence-electron chi connectivity index (χ3n) is 4.06. The summed E-state index contributed by atoms with van der Waals surface area (Å²) >= 11 is 3.51. The van der Waals surface area contributed by atoms with Crippen molar-refractivity contribution < 1.29 is 14.4 Å². The molecule has 1 aromatic rings. The number of amidine groups is 1. The van der Waals surface area contributed by atoms with Gasteiger partial charge in [-0.25, -0.2) is 9.80 Å². The number of hydrazine groups is 1. The predicted molar refractivity (Wildman–Crippen MR) is 98.6 cm³/mol. The van der Waals surface area contributed by atoms with E-state index in [-0.39, 0.29) is 6.61 Å². The predicted octanol–water partition coefficient (Wildman–Crippen LogP) is 4.23. The summed E-state index contributed by atoms with van der Waals surface area (Å²) in [4.78, 5) is 18.1. The highest BCUT2D eigenvalue weighted by atomic mass is 79.9. The van der Waals surface area contributed by atoms with Gasteiger partial charge in [0.2, 0.25) is 6.23 Å². The zero-order chi connectivity index (χ0) is 18.1. The number of carbonyl (C=O) groups is 1. The molecule has 0 bridgehead atoms. The molecule has 0 aliphatic carbocycles. The number of nitrogens with zero attached hydrogens (tertiary/aromatic N) is 3. The maximum Gasteiger partial charge on any atom is 0.433 e. The number of aryl methyl sites for hydroxylation is 2. The number of fused-ring (bicyclic) bond motifs is 1. The maximum absolute atomic E-state index is 12.5. The minimum absolute atomic E-state index is 0.289. The van der Waals surface area contributed by atoms with Crippen molar-refractivity contribution in [3.63, 3.8) is 0 Å². The molecule has 1 atom stereocenters. The van der Waals surface area contributed by atoms with E-state index >= 15 is 0 Å². The molecule has 2 heterocycles. The summed E-state index contributed by atoms with van der Waals surface area (Å²) in [6.45, 7) is 8.02. The Morgan fingerprint density at radius 1 is 1.32 bits per heavy atom. The molecule has 1 unspecified atom stereocenters. The summed E-state index contributed by atoms with van der Waals surface area (Å²) in [6, 6.07) is 4.03. The molecule has 0 spiro atoms. The van der Waals surface area contributed by atoms with Crippen LogP contribution in [-0.4, -0.2) is 34.8 Å². The van der Waals surface area contributed by atoms with E-state index in [1.54, 1.807) is 24.2 Å². The smallest absolute Gasteiger partial charge is 0.433 e. The van der Waals surface area contributed by atoms with Gasteiger partial charge in [-0.2, -0.15) is 5.01 Å². The Labute approximate surface area is 155 Å². The van der Waals surface area contributed by atoms with Gasteiger partial charge in [-0.05, 0) is 62.6 Å². The first-order valence-electron chi connectivity index (χ1n) is 8.05. The van der Waals surface area contributed by atoms with Crippen LogP contribution in [0.2, 0.25) is 0 Å². The summed E-state index contributed by atoms with van der Waals surface area (Å²) in [7, 11) is 0. The fourth-order valence-corrected chi connectivity index (χ4v) is 3.67. The number of amides is 1. The number of halogens is 1. The highest BCUT2D eigenvalue weighted by Gasteiger charge is 2.40.